The van der Waals surface area contributed by atoms with Crippen molar-refractivity contribution in [3.8, 4) is 0 Å². The van der Waals surface area contributed by atoms with E-state index in [0.717, 1.165) is 19.4 Å². The minimum absolute atomic E-state index is 0.00375. The molecule has 0 aromatic heterocycles. The number of hydrogen-bond donors (Lipinski definition) is 0. The van der Waals surface area contributed by atoms with Gasteiger partial charge in [0, 0.05) is 13.0 Å². The highest BCUT2D eigenvalue weighted by Gasteiger charge is 2.40. The molecule has 3 nitrogen and oxygen atoms in total. The lowest BCUT2D eigenvalue weighted by atomic mass is 9.92. The summed E-state index contributed by atoms with van der Waals surface area (Å²) >= 11 is 0. The number of unbranched alkanes of at least 4 members (excludes halogenated alkanes) is 15. The molecule has 236 valence electrons. The highest BCUT2D eigenvalue weighted by molar-refractivity contribution is 5.69. The van der Waals surface area contributed by atoms with Gasteiger partial charge in [0.2, 0.25) is 0 Å². The molecule has 0 aliphatic heterocycles. The fraction of sp³-hybridized carbons (Fsp3) is 0.919. The third-order valence-corrected chi connectivity index (χ3v) is 9.10. The van der Waals surface area contributed by atoms with Gasteiger partial charge < -0.3 is 9.64 Å². The van der Waals surface area contributed by atoms with Gasteiger partial charge in [0.05, 0.1) is 6.61 Å². The Morgan fingerprint density at radius 3 is 1.65 bits per heavy atom. The summed E-state index contributed by atoms with van der Waals surface area (Å²) < 4.78 is 5.42. The molecule has 1 fully saturated rings. The van der Waals surface area contributed by atoms with Gasteiger partial charge in [0.25, 0.3) is 0 Å². The zero-order valence-corrected chi connectivity index (χ0v) is 27.8. The lowest BCUT2D eigenvalue weighted by Crippen LogP contribution is -2.16. The number of carbonyl (C=O) groups is 1. The van der Waals surface area contributed by atoms with Gasteiger partial charge in [-0.15, -0.1) is 0 Å². The minimum atomic E-state index is 0.00375. The summed E-state index contributed by atoms with van der Waals surface area (Å²) in [5, 5.41) is 0. The lowest BCUT2D eigenvalue weighted by Gasteiger charge is -2.15. The van der Waals surface area contributed by atoms with Crippen molar-refractivity contribution >= 4 is 5.97 Å². The predicted octanol–water partition coefficient (Wildman–Crippen LogP) is 11.6. The molecule has 0 spiro atoms. The predicted molar refractivity (Wildman–Crippen MR) is 176 cm³/mol. The van der Waals surface area contributed by atoms with E-state index in [0.29, 0.717) is 18.4 Å². The Labute approximate surface area is 251 Å². The molecule has 0 saturated heterocycles. The monoisotopic (exact) mass is 562 g/mol. The normalized spacial score (nSPS) is 14.0. The van der Waals surface area contributed by atoms with Gasteiger partial charge in [-0.1, -0.05) is 115 Å². The second kappa shape index (κ2) is 25.8. The standard InChI is InChI=1S/C37H71NO2/c1-5-7-9-11-13-15-17-19-25-35(26-20-18-16-14-12-10-8-6-2)27-21-22-29-37(31-32-37)30-23-28-36(39)40-34-24-33-38(3)4/h27H,5-26,28-34H2,1-4H3. The Morgan fingerprint density at radius 1 is 0.650 bits per heavy atom. The summed E-state index contributed by atoms with van der Waals surface area (Å²) in [5.74, 6) is 0.00375. The summed E-state index contributed by atoms with van der Waals surface area (Å²) in [6, 6.07) is 0. The number of allylic oxidation sites excluding steroid dienone is 2. The lowest BCUT2D eigenvalue weighted by molar-refractivity contribution is -0.144. The second-order valence-corrected chi connectivity index (χ2v) is 13.4. The molecule has 0 atom stereocenters. The highest BCUT2D eigenvalue weighted by Crippen LogP contribution is 2.53. The summed E-state index contributed by atoms with van der Waals surface area (Å²) in [6.07, 6.45) is 38.4. The first kappa shape index (κ1) is 37.2. The van der Waals surface area contributed by atoms with E-state index >= 15 is 0 Å². The van der Waals surface area contributed by atoms with E-state index < -0.39 is 0 Å². The average molecular weight is 562 g/mol. The van der Waals surface area contributed by atoms with Gasteiger partial charge in [-0.3, -0.25) is 4.79 Å². The molecule has 0 radical (unpaired) electrons. The van der Waals surface area contributed by atoms with Gasteiger partial charge in [-0.05, 0) is 96.6 Å². The first-order valence-corrected chi connectivity index (χ1v) is 18.0. The summed E-state index contributed by atoms with van der Waals surface area (Å²) in [5.41, 5.74) is 2.31. The van der Waals surface area contributed by atoms with Crippen molar-refractivity contribution in [3.05, 3.63) is 11.6 Å². The molecular formula is C37H71NO2. The van der Waals surface area contributed by atoms with Gasteiger partial charge in [0.15, 0.2) is 0 Å². The number of carbonyl (C=O) groups excluding carboxylic acids is 1. The molecular weight excluding hydrogens is 490 g/mol. The molecule has 1 rings (SSSR count). The molecule has 1 saturated carbocycles. The van der Waals surface area contributed by atoms with E-state index in [-0.39, 0.29) is 5.97 Å². The third-order valence-electron chi connectivity index (χ3n) is 9.10. The molecule has 0 unspecified atom stereocenters. The quantitative estimate of drug-likeness (QED) is 0.0496. The zero-order valence-electron chi connectivity index (χ0n) is 27.8. The number of hydrogen-bond acceptors (Lipinski definition) is 3. The van der Waals surface area contributed by atoms with Crippen molar-refractivity contribution in [2.75, 3.05) is 27.2 Å². The van der Waals surface area contributed by atoms with Gasteiger partial charge in [0.1, 0.15) is 0 Å². The topological polar surface area (TPSA) is 29.5 Å². The van der Waals surface area contributed by atoms with E-state index in [1.165, 1.54) is 154 Å². The zero-order chi connectivity index (χ0) is 29.2. The Hall–Kier alpha value is -0.830. The molecule has 1 aliphatic carbocycles. The van der Waals surface area contributed by atoms with Crippen LogP contribution in [0.2, 0.25) is 0 Å². The van der Waals surface area contributed by atoms with E-state index in [9.17, 15) is 4.79 Å². The first-order valence-electron chi connectivity index (χ1n) is 18.0. The smallest absolute Gasteiger partial charge is 0.305 e. The molecule has 0 heterocycles. The van der Waals surface area contributed by atoms with Crippen LogP contribution < -0.4 is 0 Å². The highest BCUT2D eigenvalue weighted by atomic mass is 16.5. The van der Waals surface area contributed by atoms with Crippen molar-refractivity contribution in [1.82, 2.24) is 4.90 Å². The Morgan fingerprint density at radius 2 is 1.15 bits per heavy atom. The van der Waals surface area contributed by atoms with Crippen molar-refractivity contribution in [1.29, 1.82) is 0 Å². The summed E-state index contributed by atoms with van der Waals surface area (Å²) in [7, 11) is 4.12. The molecule has 3 heteroatoms. The van der Waals surface area contributed by atoms with Crippen LogP contribution in [0.1, 0.15) is 187 Å². The molecule has 0 aromatic rings. The van der Waals surface area contributed by atoms with Crippen LogP contribution >= 0.6 is 0 Å². The first-order chi connectivity index (χ1) is 19.5. The van der Waals surface area contributed by atoms with Crippen LogP contribution in [-0.4, -0.2) is 38.1 Å². The second-order valence-electron chi connectivity index (χ2n) is 13.4. The van der Waals surface area contributed by atoms with Gasteiger partial charge in [-0.2, -0.15) is 0 Å². The average Bonchev–Trinajstić information content (AvgIpc) is 3.71. The van der Waals surface area contributed by atoms with Crippen LogP contribution in [0.5, 0.6) is 0 Å². The van der Waals surface area contributed by atoms with Crippen LogP contribution in [0.25, 0.3) is 0 Å². The fourth-order valence-corrected chi connectivity index (χ4v) is 6.13. The Balaban J connectivity index is 2.27. The van der Waals surface area contributed by atoms with E-state index in [1.54, 1.807) is 5.57 Å². The van der Waals surface area contributed by atoms with Crippen molar-refractivity contribution in [2.24, 2.45) is 5.41 Å². The maximum atomic E-state index is 12.1. The maximum absolute atomic E-state index is 12.1. The minimum Gasteiger partial charge on any atom is -0.466 e. The van der Waals surface area contributed by atoms with E-state index in [2.05, 4.69) is 38.9 Å². The van der Waals surface area contributed by atoms with Crippen LogP contribution in [0.3, 0.4) is 0 Å². The molecule has 0 amide bonds. The van der Waals surface area contributed by atoms with Crippen LogP contribution in [-0.2, 0) is 9.53 Å². The van der Waals surface area contributed by atoms with E-state index in [1.807, 2.05) is 0 Å². The Bertz CT molecular complexity index is 585. The number of rotatable bonds is 30. The van der Waals surface area contributed by atoms with Crippen LogP contribution in [0.4, 0.5) is 0 Å². The van der Waals surface area contributed by atoms with Gasteiger partial charge >= 0.3 is 5.97 Å². The fourth-order valence-electron chi connectivity index (χ4n) is 6.13. The largest absolute Gasteiger partial charge is 0.466 e. The molecule has 1 aliphatic rings. The summed E-state index contributed by atoms with van der Waals surface area (Å²) in [6.45, 7) is 6.15. The third kappa shape index (κ3) is 22.8. The van der Waals surface area contributed by atoms with Crippen LogP contribution in [0.15, 0.2) is 11.6 Å². The number of nitrogens with zero attached hydrogens (tertiary/aromatic N) is 1. The van der Waals surface area contributed by atoms with Crippen LogP contribution in [0, 0.1) is 5.41 Å². The van der Waals surface area contributed by atoms with Crippen molar-refractivity contribution in [3.63, 3.8) is 0 Å². The molecule has 0 bridgehead atoms. The molecule has 40 heavy (non-hydrogen) atoms. The van der Waals surface area contributed by atoms with Crippen molar-refractivity contribution < 1.29 is 9.53 Å². The SMILES string of the molecule is CCCCCCCCCCC(=CCCCC1(CCCC(=O)OCCCN(C)C)CC1)CCCCCCCCCC. The van der Waals surface area contributed by atoms with Gasteiger partial charge in [-0.25, -0.2) is 0 Å². The maximum Gasteiger partial charge on any atom is 0.305 e. The molecule has 0 aromatic carbocycles. The van der Waals surface area contributed by atoms with E-state index in [4.69, 9.17) is 4.74 Å². The summed E-state index contributed by atoms with van der Waals surface area (Å²) in [4.78, 5) is 14.2. The number of ether oxygens (including phenoxy) is 1. The Kier molecular flexibility index (Phi) is 24.0. The van der Waals surface area contributed by atoms with Crippen molar-refractivity contribution in [2.45, 2.75) is 187 Å². The molecule has 0 N–H and O–H groups in total. The number of esters is 1.